The Hall–Kier alpha value is -2.57. The molecule has 1 aliphatic heterocycles. The third-order valence-corrected chi connectivity index (χ3v) is 4.40. The number of aliphatic carboxylic acids is 1. The van der Waals surface area contributed by atoms with Crippen molar-refractivity contribution in [1.29, 1.82) is 0 Å². The zero-order chi connectivity index (χ0) is 19.6. The third kappa shape index (κ3) is 3.98. The van der Waals surface area contributed by atoms with Crippen molar-refractivity contribution in [3.05, 3.63) is 17.7 Å². The SMILES string of the molecule is COc1cc2c(cc1C(=O)C(C)CC(=O)O)N(C)C(=O)C(CC(C)C)O2. The number of carboxylic acids is 1. The molecule has 7 nitrogen and oxygen atoms in total. The van der Waals surface area contributed by atoms with Gasteiger partial charge in [0.25, 0.3) is 5.91 Å². The molecule has 2 rings (SSSR count). The average molecular weight is 363 g/mol. The minimum Gasteiger partial charge on any atom is -0.496 e. The van der Waals surface area contributed by atoms with Crippen LogP contribution in [0.5, 0.6) is 11.5 Å². The van der Waals surface area contributed by atoms with E-state index in [0.717, 1.165) is 0 Å². The molecule has 26 heavy (non-hydrogen) atoms. The molecule has 0 aliphatic carbocycles. The number of ketones is 1. The van der Waals surface area contributed by atoms with Crippen molar-refractivity contribution in [3.8, 4) is 11.5 Å². The molecule has 0 aromatic heterocycles. The molecule has 1 N–H and O–H groups in total. The number of hydrogen-bond acceptors (Lipinski definition) is 5. The lowest BCUT2D eigenvalue weighted by atomic mass is 9.94. The van der Waals surface area contributed by atoms with Crippen molar-refractivity contribution < 1.29 is 29.0 Å². The Kier molecular flexibility index (Phi) is 5.90. The highest BCUT2D eigenvalue weighted by atomic mass is 16.5. The van der Waals surface area contributed by atoms with E-state index in [2.05, 4.69) is 0 Å². The summed E-state index contributed by atoms with van der Waals surface area (Å²) in [6, 6.07) is 3.13. The third-order valence-electron chi connectivity index (χ3n) is 4.40. The van der Waals surface area contributed by atoms with Gasteiger partial charge in [0.2, 0.25) is 0 Å². The van der Waals surface area contributed by atoms with Crippen LogP contribution in [0, 0.1) is 11.8 Å². The van der Waals surface area contributed by atoms with Gasteiger partial charge in [0, 0.05) is 19.0 Å². The highest BCUT2D eigenvalue weighted by Crippen LogP contribution is 2.40. The molecule has 1 amide bonds. The van der Waals surface area contributed by atoms with Gasteiger partial charge in [0.15, 0.2) is 11.9 Å². The molecule has 0 saturated carbocycles. The van der Waals surface area contributed by atoms with E-state index in [4.69, 9.17) is 14.6 Å². The van der Waals surface area contributed by atoms with Gasteiger partial charge in [-0.2, -0.15) is 0 Å². The largest absolute Gasteiger partial charge is 0.496 e. The van der Waals surface area contributed by atoms with Crippen molar-refractivity contribution in [2.24, 2.45) is 11.8 Å². The molecule has 0 spiro atoms. The Balaban J connectivity index is 2.43. The molecule has 1 aromatic rings. The fourth-order valence-electron chi connectivity index (χ4n) is 3.00. The summed E-state index contributed by atoms with van der Waals surface area (Å²) < 4.78 is 11.2. The summed E-state index contributed by atoms with van der Waals surface area (Å²) in [5, 5.41) is 8.92. The van der Waals surface area contributed by atoms with Gasteiger partial charge < -0.3 is 19.5 Å². The second kappa shape index (κ2) is 7.76. The fraction of sp³-hybridized carbons (Fsp3) is 0.526. The monoisotopic (exact) mass is 363 g/mol. The first-order valence-electron chi connectivity index (χ1n) is 8.58. The number of carbonyl (C=O) groups is 3. The van der Waals surface area contributed by atoms with E-state index >= 15 is 0 Å². The molecule has 0 saturated heterocycles. The van der Waals surface area contributed by atoms with E-state index in [-0.39, 0.29) is 23.7 Å². The number of nitrogens with zero attached hydrogens (tertiary/aromatic N) is 1. The van der Waals surface area contributed by atoms with Crippen LogP contribution in [0.3, 0.4) is 0 Å². The van der Waals surface area contributed by atoms with Crippen LogP contribution in [0.15, 0.2) is 12.1 Å². The van der Waals surface area contributed by atoms with Crippen LogP contribution in [-0.4, -0.2) is 43.0 Å². The van der Waals surface area contributed by atoms with Crippen LogP contribution in [0.25, 0.3) is 0 Å². The minimum absolute atomic E-state index is 0.173. The lowest BCUT2D eigenvalue weighted by Crippen LogP contribution is -2.44. The number of benzene rings is 1. The van der Waals surface area contributed by atoms with Gasteiger partial charge in [0.1, 0.15) is 11.5 Å². The van der Waals surface area contributed by atoms with Crippen LogP contribution in [0.4, 0.5) is 5.69 Å². The Morgan fingerprint density at radius 1 is 1.31 bits per heavy atom. The molecule has 1 aliphatic rings. The van der Waals surface area contributed by atoms with Gasteiger partial charge in [-0.25, -0.2) is 0 Å². The van der Waals surface area contributed by atoms with Crippen molar-refractivity contribution in [2.45, 2.75) is 39.7 Å². The molecular formula is C19H25NO6. The molecule has 2 atom stereocenters. The maximum absolute atomic E-state index is 12.7. The number of anilines is 1. The summed E-state index contributed by atoms with van der Waals surface area (Å²) in [5.41, 5.74) is 0.715. The Bertz CT molecular complexity index is 727. The molecule has 0 bridgehead atoms. The Morgan fingerprint density at radius 3 is 2.50 bits per heavy atom. The van der Waals surface area contributed by atoms with Crippen molar-refractivity contribution >= 4 is 23.3 Å². The van der Waals surface area contributed by atoms with Crippen LogP contribution in [0.2, 0.25) is 0 Å². The van der Waals surface area contributed by atoms with E-state index in [0.29, 0.717) is 29.5 Å². The maximum Gasteiger partial charge on any atom is 0.304 e. The summed E-state index contributed by atoms with van der Waals surface area (Å²) in [6.07, 6.45) is -0.271. The predicted molar refractivity (Wildman–Crippen MR) is 96.0 cm³/mol. The number of ether oxygens (including phenoxy) is 2. The zero-order valence-corrected chi connectivity index (χ0v) is 15.7. The Morgan fingerprint density at radius 2 is 1.96 bits per heavy atom. The lowest BCUT2D eigenvalue weighted by molar-refractivity contribution is -0.137. The molecule has 7 heteroatoms. The summed E-state index contributed by atoms with van der Waals surface area (Å²) in [7, 11) is 3.07. The van der Waals surface area contributed by atoms with Gasteiger partial charge in [0.05, 0.1) is 24.8 Å². The summed E-state index contributed by atoms with van der Waals surface area (Å²) in [4.78, 5) is 37.6. The van der Waals surface area contributed by atoms with Crippen molar-refractivity contribution in [3.63, 3.8) is 0 Å². The van der Waals surface area contributed by atoms with E-state index < -0.39 is 18.0 Å². The first-order chi connectivity index (χ1) is 12.1. The van der Waals surface area contributed by atoms with Crippen LogP contribution in [-0.2, 0) is 9.59 Å². The van der Waals surface area contributed by atoms with Crippen LogP contribution < -0.4 is 14.4 Å². The first-order valence-corrected chi connectivity index (χ1v) is 8.58. The maximum atomic E-state index is 12.7. The van der Waals surface area contributed by atoms with Gasteiger partial charge in [-0.05, 0) is 18.4 Å². The zero-order valence-electron chi connectivity index (χ0n) is 15.7. The summed E-state index contributed by atoms with van der Waals surface area (Å²) in [5.74, 6) is -1.22. The van der Waals surface area contributed by atoms with E-state index in [1.54, 1.807) is 26.1 Å². The Labute approximate surface area is 152 Å². The van der Waals surface area contributed by atoms with E-state index in [9.17, 15) is 14.4 Å². The van der Waals surface area contributed by atoms with Crippen LogP contribution in [0.1, 0.15) is 44.0 Å². The highest BCUT2D eigenvalue weighted by molar-refractivity contribution is 6.05. The standard InChI is InChI=1S/C19H25NO6/c1-10(2)6-16-19(24)20(4)13-8-12(14(25-5)9-15(13)26-16)18(23)11(3)7-17(21)22/h8-11,16H,6-7H2,1-5H3,(H,21,22). The number of amides is 1. The number of likely N-dealkylation sites (N-methyl/N-ethyl adjacent to an activating group) is 1. The minimum atomic E-state index is -1.05. The number of carbonyl (C=O) groups excluding carboxylic acids is 2. The smallest absolute Gasteiger partial charge is 0.304 e. The number of carboxylic acid groups (broad SMARTS) is 1. The van der Waals surface area contributed by atoms with Crippen molar-refractivity contribution in [1.82, 2.24) is 0 Å². The summed E-state index contributed by atoms with van der Waals surface area (Å²) >= 11 is 0. The second-order valence-corrected chi connectivity index (χ2v) is 7.02. The van der Waals surface area contributed by atoms with Gasteiger partial charge >= 0.3 is 5.97 Å². The average Bonchev–Trinajstić information content (AvgIpc) is 2.56. The lowest BCUT2D eigenvalue weighted by Gasteiger charge is -2.33. The quantitative estimate of drug-likeness (QED) is 0.749. The number of rotatable bonds is 7. The number of fused-ring (bicyclic) bond motifs is 1. The second-order valence-electron chi connectivity index (χ2n) is 7.02. The van der Waals surface area contributed by atoms with Gasteiger partial charge in [-0.15, -0.1) is 0 Å². The molecule has 0 fully saturated rings. The molecule has 142 valence electrons. The molecule has 1 aromatic carbocycles. The highest BCUT2D eigenvalue weighted by Gasteiger charge is 2.34. The molecule has 0 radical (unpaired) electrons. The van der Waals surface area contributed by atoms with Gasteiger partial charge in [-0.1, -0.05) is 20.8 Å². The first kappa shape index (κ1) is 19.8. The predicted octanol–water partition coefficient (Wildman–Crippen LogP) is 2.76. The number of Topliss-reactive ketones (excluding diaryl/α,β-unsaturated/α-hetero) is 1. The molecular weight excluding hydrogens is 338 g/mol. The molecule has 2 unspecified atom stereocenters. The number of hydrogen-bond donors (Lipinski definition) is 1. The van der Waals surface area contributed by atoms with Crippen molar-refractivity contribution in [2.75, 3.05) is 19.1 Å². The van der Waals surface area contributed by atoms with Crippen LogP contribution >= 0.6 is 0 Å². The fourth-order valence-corrected chi connectivity index (χ4v) is 3.00. The van der Waals surface area contributed by atoms with E-state index in [1.807, 2.05) is 13.8 Å². The normalized spacial score (nSPS) is 17.5. The number of methoxy groups -OCH3 is 1. The molecule has 1 heterocycles. The van der Waals surface area contributed by atoms with E-state index in [1.165, 1.54) is 12.0 Å². The topological polar surface area (TPSA) is 93.1 Å². The summed E-state index contributed by atoms with van der Waals surface area (Å²) in [6.45, 7) is 5.58. The van der Waals surface area contributed by atoms with Gasteiger partial charge in [-0.3, -0.25) is 14.4 Å².